The third-order valence-corrected chi connectivity index (χ3v) is 3.27. The van der Waals surface area contributed by atoms with Crippen molar-refractivity contribution in [2.75, 3.05) is 19.7 Å². The molecule has 0 bridgehead atoms. The van der Waals surface area contributed by atoms with Crippen LogP contribution < -0.4 is 0 Å². The van der Waals surface area contributed by atoms with Crippen molar-refractivity contribution >= 4 is 0 Å². The first kappa shape index (κ1) is 8.20. The van der Waals surface area contributed by atoms with Gasteiger partial charge in [-0.05, 0) is 31.4 Å². The van der Waals surface area contributed by atoms with Crippen LogP contribution in [0.4, 0.5) is 4.39 Å². The number of aliphatic hydroxyl groups excluding tert-OH is 1. The van der Waals surface area contributed by atoms with Gasteiger partial charge in [0.15, 0.2) is 0 Å². The molecule has 0 spiro atoms. The van der Waals surface area contributed by atoms with E-state index in [0.717, 1.165) is 37.9 Å². The Morgan fingerprint density at radius 1 is 1.58 bits per heavy atom. The topological polar surface area (TPSA) is 23.5 Å². The van der Waals surface area contributed by atoms with Crippen LogP contribution >= 0.6 is 0 Å². The van der Waals surface area contributed by atoms with E-state index >= 15 is 0 Å². The lowest BCUT2D eigenvalue weighted by molar-refractivity contribution is 0.122. The second-order valence-corrected chi connectivity index (χ2v) is 3.66. The SMILES string of the molecule is OC[C@@]12CCCN1CC/C2=C/F. The van der Waals surface area contributed by atoms with Crippen LogP contribution in [0.2, 0.25) is 0 Å². The molecule has 2 nitrogen and oxygen atoms in total. The number of hydrogen-bond acceptors (Lipinski definition) is 2. The quantitative estimate of drug-likeness (QED) is 0.638. The molecule has 0 aliphatic carbocycles. The maximum atomic E-state index is 12.5. The Balaban J connectivity index is 2.31. The summed E-state index contributed by atoms with van der Waals surface area (Å²) in [4.78, 5) is 2.21. The molecule has 2 heterocycles. The van der Waals surface area contributed by atoms with Crippen molar-refractivity contribution in [3.8, 4) is 0 Å². The summed E-state index contributed by atoms with van der Waals surface area (Å²) in [6, 6.07) is 0. The van der Waals surface area contributed by atoms with E-state index in [1.54, 1.807) is 0 Å². The molecule has 12 heavy (non-hydrogen) atoms. The van der Waals surface area contributed by atoms with Crippen LogP contribution in [0.5, 0.6) is 0 Å². The van der Waals surface area contributed by atoms with E-state index in [2.05, 4.69) is 4.90 Å². The molecule has 0 aromatic heterocycles. The van der Waals surface area contributed by atoms with E-state index in [0.29, 0.717) is 6.33 Å². The second kappa shape index (κ2) is 2.82. The Kier molecular flexibility index (Phi) is 1.93. The fourth-order valence-corrected chi connectivity index (χ4v) is 2.55. The molecule has 1 atom stereocenters. The Morgan fingerprint density at radius 3 is 3.08 bits per heavy atom. The van der Waals surface area contributed by atoms with E-state index in [-0.39, 0.29) is 12.1 Å². The smallest absolute Gasteiger partial charge is 0.0878 e. The van der Waals surface area contributed by atoms with Gasteiger partial charge in [-0.25, -0.2) is 4.39 Å². The first-order valence-electron chi connectivity index (χ1n) is 4.49. The summed E-state index contributed by atoms with van der Waals surface area (Å²) < 4.78 is 12.5. The van der Waals surface area contributed by atoms with E-state index < -0.39 is 0 Å². The molecule has 0 saturated carbocycles. The Bertz CT molecular complexity index is 217. The average Bonchev–Trinajstić information content (AvgIpc) is 2.60. The van der Waals surface area contributed by atoms with Crippen LogP contribution in [-0.2, 0) is 0 Å². The van der Waals surface area contributed by atoms with Crippen molar-refractivity contribution in [2.45, 2.75) is 24.8 Å². The van der Waals surface area contributed by atoms with Crippen molar-refractivity contribution in [3.05, 3.63) is 11.9 Å². The number of halogens is 1. The van der Waals surface area contributed by atoms with E-state index in [1.165, 1.54) is 0 Å². The standard InChI is InChI=1S/C9H14FNO/c10-6-8-2-5-11-4-1-3-9(8,11)7-12/h6,12H,1-5,7H2/b8-6-/t9-/m1/s1. The van der Waals surface area contributed by atoms with Gasteiger partial charge in [-0.1, -0.05) is 0 Å². The summed E-state index contributed by atoms with van der Waals surface area (Å²) in [5, 5.41) is 9.28. The molecule has 68 valence electrons. The number of fused-ring (bicyclic) bond motifs is 1. The molecule has 0 amide bonds. The highest BCUT2D eigenvalue weighted by molar-refractivity contribution is 5.26. The van der Waals surface area contributed by atoms with Gasteiger partial charge in [-0.15, -0.1) is 0 Å². The minimum absolute atomic E-state index is 0.0722. The van der Waals surface area contributed by atoms with Gasteiger partial charge < -0.3 is 5.11 Å². The highest BCUT2D eigenvalue weighted by atomic mass is 19.1. The number of hydrogen-bond donors (Lipinski definition) is 1. The predicted octanol–water partition coefficient (Wildman–Crippen LogP) is 1.07. The zero-order chi connectivity index (χ0) is 8.60. The van der Waals surface area contributed by atoms with Gasteiger partial charge in [-0.3, -0.25) is 4.90 Å². The number of aliphatic hydroxyl groups is 1. The normalized spacial score (nSPS) is 39.3. The molecular weight excluding hydrogens is 157 g/mol. The third-order valence-electron chi connectivity index (χ3n) is 3.27. The van der Waals surface area contributed by atoms with Gasteiger partial charge in [0.2, 0.25) is 0 Å². The number of nitrogens with zero attached hydrogens (tertiary/aromatic N) is 1. The van der Waals surface area contributed by atoms with Crippen molar-refractivity contribution in [1.29, 1.82) is 0 Å². The molecule has 2 rings (SSSR count). The predicted molar refractivity (Wildman–Crippen MR) is 44.4 cm³/mol. The minimum atomic E-state index is -0.311. The fraction of sp³-hybridized carbons (Fsp3) is 0.778. The maximum absolute atomic E-state index is 12.5. The molecule has 0 aromatic rings. The molecule has 2 aliphatic heterocycles. The zero-order valence-corrected chi connectivity index (χ0v) is 7.09. The van der Waals surface area contributed by atoms with E-state index in [9.17, 15) is 9.50 Å². The van der Waals surface area contributed by atoms with E-state index in [1.807, 2.05) is 0 Å². The molecule has 0 aromatic carbocycles. The molecule has 1 N–H and O–H groups in total. The monoisotopic (exact) mass is 171 g/mol. The molecule has 2 fully saturated rings. The summed E-state index contributed by atoms with van der Waals surface area (Å²) in [6.45, 7) is 2.00. The van der Waals surface area contributed by atoms with Crippen LogP contribution in [-0.4, -0.2) is 35.2 Å². The zero-order valence-electron chi connectivity index (χ0n) is 7.09. The lowest BCUT2D eigenvalue weighted by Crippen LogP contribution is -2.42. The van der Waals surface area contributed by atoms with Crippen LogP contribution in [0.3, 0.4) is 0 Å². The van der Waals surface area contributed by atoms with Crippen LogP contribution in [0.25, 0.3) is 0 Å². The van der Waals surface area contributed by atoms with Crippen molar-refractivity contribution < 1.29 is 9.50 Å². The Labute approximate surface area is 71.7 Å². The highest BCUT2D eigenvalue weighted by Crippen LogP contribution is 2.42. The van der Waals surface area contributed by atoms with Crippen LogP contribution in [0.15, 0.2) is 11.9 Å². The van der Waals surface area contributed by atoms with Crippen LogP contribution in [0.1, 0.15) is 19.3 Å². The first-order valence-corrected chi connectivity index (χ1v) is 4.49. The van der Waals surface area contributed by atoms with Crippen LogP contribution in [0, 0.1) is 0 Å². The maximum Gasteiger partial charge on any atom is 0.0878 e. The van der Waals surface area contributed by atoms with Gasteiger partial charge >= 0.3 is 0 Å². The molecule has 0 unspecified atom stereocenters. The van der Waals surface area contributed by atoms with Gasteiger partial charge in [0, 0.05) is 6.54 Å². The van der Waals surface area contributed by atoms with Gasteiger partial charge in [-0.2, -0.15) is 0 Å². The summed E-state index contributed by atoms with van der Waals surface area (Å²) in [5.41, 5.74) is 0.483. The van der Waals surface area contributed by atoms with Gasteiger partial charge in [0.05, 0.1) is 18.5 Å². The molecular formula is C9H14FNO. The lowest BCUT2D eigenvalue weighted by atomic mass is 9.91. The van der Waals surface area contributed by atoms with Crippen molar-refractivity contribution in [2.24, 2.45) is 0 Å². The summed E-state index contributed by atoms with van der Waals surface area (Å²) >= 11 is 0. The Morgan fingerprint density at radius 2 is 2.42 bits per heavy atom. The highest BCUT2D eigenvalue weighted by Gasteiger charge is 2.47. The molecule has 2 aliphatic rings. The largest absolute Gasteiger partial charge is 0.394 e. The minimum Gasteiger partial charge on any atom is -0.394 e. The average molecular weight is 171 g/mol. The van der Waals surface area contributed by atoms with Gasteiger partial charge in [0.25, 0.3) is 0 Å². The number of rotatable bonds is 1. The molecule has 3 heteroatoms. The summed E-state index contributed by atoms with van der Waals surface area (Å²) in [7, 11) is 0. The Hall–Kier alpha value is -0.410. The summed E-state index contributed by atoms with van der Waals surface area (Å²) in [5.74, 6) is 0. The summed E-state index contributed by atoms with van der Waals surface area (Å²) in [6.07, 6.45) is 3.48. The van der Waals surface area contributed by atoms with Gasteiger partial charge in [0.1, 0.15) is 0 Å². The van der Waals surface area contributed by atoms with Crippen molar-refractivity contribution in [1.82, 2.24) is 4.90 Å². The van der Waals surface area contributed by atoms with E-state index in [4.69, 9.17) is 0 Å². The second-order valence-electron chi connectivity index (χ2n) is 3.66. The molecule has 2 saturated heterocycles. The molecule has 0 radical (unpaired) electrons. The lowest BCUT2D eigenvalue weighted by Gasteiger charge is -2.30. The first-order chi connectivity index (χ1) is 5.83. The van der Waals surface area contributed by atoms with Crippen molar-refractivity contribution in [3.63, 3.8) is 0 Å². The fourth-order valence-electron chi connectivity index (χ4n) is 2.55. The third kappa shape index (κ3) is 0.866.